The summed E-state index contributed by atoms with van der Waals surface area (Å²) in [6.45, 7) is 5.46. The van der Waals surface area contributed by atoms with Crippen LogP contribution in [0.5, 0.6) is 0 Å². The van der Waals surface area contributed by atoms with Gasteiger partial charge in [-0.3, -0.25) is 0 Å². The van der Waals surface area contributed by atoms with Gasteiger partial charge in [-0.15, -0.1) is 11.3 Å². The number of esters is 1. The molecule has 0 saturated carbocycles. The molecule has 0 bridgehead atoms. The molecule has 0 atom stereocenters. The van der Waals surface area contributed by atoms with Crippen LogP contribution in [-0.2, 0) is 22.4 Å². The number of carbonyl (C=O) groups is 2. The molecule has 1 aliphatic rings. The first-order valence-electron chi connectivity index (χ1n) is 6.80. The van der Waals surface area contributed by atoms with Crippen LogP contribution in [0.15, 0.2) is 6.07 Å². The van der Waals surface area contributed by atoms with Gasteiger partial charge < -0.3 is 19.5 Å². The fourth-order valence-corrected chi connectivity index (χ4v) is 3.06. The van der Waals surface area contributed by atoms with E-state index in [-0.39, 0.29) is 12.1 Å². The van der Waals surface area contributed by atoms with Crippen LogP contribution in [0.3, 0.4) is 0 Å². The highest BCUT2D eigenvalue weighted by Gasteiger charge is 2.25. The van der Waals surface area contributed by atoms with Crippen molar-refractivity contribution < 1.29 is 24.2 Å². The molecule has 21 heavy (non-hydrogen) atoms. The zero-order valence-corrected chi connectivity index (χ0v) is 13.4. The minimum absolute atomic E-state index is 0.287. The lowest BCUT2D eigenvalue weighted by Gasteiger charge is -2.25. The van der Waals surface area contributed by atoms with Gasteiger partial charge in [-0.2, -0.15) is 0 Å². The summed E-state index contributed by atoms with van der Waals surface area (Å²) in [4.78, 5) is 26.8. The lowest BCUT2D eigenvalue weighted by Crippen LogP contribution is -2.35. The number of carbonyl (C=O) groups excluding carboxylic acids is 2. The van der Waals surface area contributed by atoms with E-state index in [4.69, 9.17) is 14.6 Å². The van der Waals surface area contributed by atoms with Gasteiger partial charge in [0.2, 0.25) is 0 Å². The summed E-state index contributed by atoms with van der Waals surface area (Å²) < 4.78 is 9.97. The number of amides is 1. The standard InChI is InChI=1S/C13H17NO4S.CH4O/c1-3-17-12(15)11-7-9-8-14(13(16)18-4-2)6-5-10(9)19-11;1-2/h7H,3-6,8H2,1-2H3;2H,1H3. The number of fused-ring (bicyclic) bond motifs is 1. The average Bonchev–Trinajstić information content (AvgIpc) is 2.93. The first-order valence-corrected chi connectivity index (χ1v) is 7.62. The Labute approximate surface area is 128 Å². The minimum atomic E-state index is -0.294. The van der Waals surface area contributed by atoms with Gasteiger partial charge in [0.1, 0.15) is 4.88 Å². The predicted octanol–water partition coefficient (Wildman–Crippen LogP) is 2.05. The van der Waals surface area contributed by atoms with Crippen molar-refractivity contribution in [3.63, 3.8) is 0 Å². The Morgan fingerprint density at radius 2 is 1.95 bits per heavy atom. The molecule has 0 aromatic carbocycles. The molecular formula is C14H21NO5S. The van der Waals surface area contributed by atoms with Crippen LogP contribution in [0.4, 0.5) is 4.79 Å². The Hall–Kier alpha value is -1.60. The minimum Gasteiger partial charge on any atom is -0.462 e. The zero-order chi connectivity index (χ0) is 15.8. The van der Waals surface area contributed by atoms with Crippen molar-refractivity contribution in [2.75, 3.05) is 26.9 Å². The lowest BCUT2D eigenvalue weighted by atomic mass is 10.1. The van der Waals surface area contributed by atoms with E-state index in [2.05, 4.69) is 0 Å². The molecule has 0 spiro atoms. The lowest BCUT2D eigenvalue weighted by molar-refractivity contribution is 0.0532. The number of aliphatic hydroxyl groups excluding tert-OH is 1. The number of nitrogens with zero attached hydrogens (tertiary/aromatic N) is 1. The first kappa shape index (κ1) is 17.5. The molecule has 1 aliphatic heterocycles. The second kappa shape index (κ2) is 8.63. The number of hydrogen-bond acceptors (Lipinski definition) is 6. The van der Waals surface area contributed by atoms with Crippen molar-refractivity contribution in [3.8, 4) is 0 Å². The molecule has 1 aromatic heterocycles. The van der Waals surface area contributed by atoms with Crippen molar-refractivity contribution in [2.45, 2.75) is 26.8 Å². The Morgan fingerprint density at radius 3 is 2.57 bits per heavy atom. The summed E-state index contributed by atoms with van der Waals surface area (Å²) in [6, 6.07) is 1.82. The third-order valence-corrected chi connectivity index (χ3v) is 4.09. The smallest absolute Gasteiger partial charge is 0.410 e. The maximum absolute atomic E-state index is 11.7. The van der Waals surface area contributed by atoms with Crippen LogP contribution in [0.2, 0.25) is 0 Å². The molecule has 1 amide bonds. The normalized spacial score (nSPS) is 12.9. The summed E-state index contributed by atoms with van der Waals surface area (Å²) in [5.41, 5.74) is 1.02. The molecule has 1 aromatic rings. The monoisotopic (exact) mass is 315 g/mol. The van der Waals surface area contributed by atoms with E-state index in [0.717, 1.165) is 24.0 Å². The number of hydrogen-bond donors (Lipinski definition) is 1. The highest BCUT2D eigenvalue weighted by atomic mass is 32.1. The van der Waals surface area contributed by atoms with Crippen molar-refractivity contribution in [1.82, 2.24) is 4.90 Å². The number of ether oxygens (including phenoxy) is 2. The van der Waals surface area contributed by atoms with E-state index < -0.39 is 0 Å². The summed E-state index contributed by atoms with van der Waals surface area (Å²) in [5.74, 6) is -0.287. The number of aliphatic hydroxyl groups is 1. The van der Waals surface area contributed by atoms with Crippen LogP contribution >= 0.6 is 11.3 Å². The van der Waals surface area contributed by atoms with Crippen molar-refractivity contribution in [2.24, 2.45) is 0 Å². The molecule has 1 N–H and O–H groups in total. The quantitative estimate of drug-likeness (QED) is 0.864. The molecule has 6 nitrogen and oxygen atoms in total. The first-order chi connectivity index (χ1) is 10.2. The Balaban J connectivity index is 0.00000106. The molecule has 118 valence electrons. The maximum Gasteiger partial charge on any atom is 0.410 e. The number of thiophene rings is 1. The topological polar surface area (TPSA) is 76.1 Å². The van der Waals surface area contributed by atoms with Gasteiger partial charge in [-0.1, -0.05) is 0 Å². The van der Waals surface area contributed by atoms with E-state index in [1.165, 1.54) is 11.3 Å². The molecule has 0 saturated heterocycles. The van der Waals surface area contributed by atoms with Gasteiger partial charge in [-0.05, 0) is 31.9 Å². The van der Waals surface area contributed by atoms with Gasteiger partial charge in [-0.25, -0.2) is 9.59 Å². The largest absolute Gasteiger partial charge is 0.462 e. The average molecular weight is 315 g/mol. The Bertz CT molecular complexity index is 486. The van der Waals surface area contributed by atoms with Crippen molar-refractivity contribution in [1.29, 1.82) is 0 Å². The van der Waals surface area contributed by atoms with Crippen molar-refractivity contribution in [3.05, 3.63) is 21.4 Å². The third kappa shape index (κ3) is 4.44. The van der Waals surface area contributed by atoms with Crippen LogP contribution < -0.4 is 0 Å². The molecule has 0 fully saturated rings. The molecular weight excluding hydrogens is 294 g/mol. The zero-order valence-electron chi connectivity index (χ0n) is 12.5. The molecule has 2 rings (SSSR count). The fraction of sp³-hybridized carbons (Fsp3) is 0.571. The van der Waals surface area contributed by atoms with Crippen LogP contribution in [0.25, 0.3) is 0 Å². The Morgan fingerprint density at radius 1 is 1.29 bits per heavy atom. The van der Waals surface area contributed by atoms with Crippen LogP contribution in [0, 0.1) is 0 Å². The van der Waals surface area contributed by atoms with Gasteiger partial charge >= 0.3 is 12.1 Å². The second-order valence-electron chi connectivity index (χ2n) is 4.15. The van der Waals surface area contributed by atoms with Crippen LogP contribution in [0.1, 0.15) is 34.0 Å². The molecule has 2 heterocycles. The highest BCUT2D eigenvalue weighted by molar-refractivity contribution is 7.14. The SMILES string of the molecule is CCOC(=O)c1cc2c(s1)CCN(C(=O)OCC)C2.CO. The fourth-order valence-electron chi connectivity index (χ4n) is 2.01. The number of rotatable bonds is 3. The molecule has 7 heteroatoms. The van der Waals surface area contributed by atoms with Gasteiger partial charge in [0.25, 0.3) is 0 Å². The van der Waals surface area contributed by atoms with Gasteiger partial charge in [0, 0.05) is 18.5 Å². The van der Waals surface area contributed by atoms with Crippen LogP contribution in [-0.4, -0.2) is 48.9 Å². The van der Waals surface area contributed by atoms with E-state index in [1.54, 1.807) is 18.7 Å². The van der Waals surface area contributed by atoms with Gasteiger partial charge in [0.15, 0.2) is 0 Å². The van der Waals surface area contributed by atoms with Gasteiger partial charge in [0.05, 0.1) is 19.8 Å². The third-order valence-electron chi connectivity index (χ3n) is 2.87. The summed E-state index contributed by atoms with van der Waals surface area (Å²) in [6.07, 6.45) is 0.468. The Kier molecular flexibility index (Phi) is 7.18. The van der Waals surface area contributed by atoms with E-state index in [9.17, 15) is 9.59 Å². The molecule has 0 aliphatic carbocycles. The van der Waals surface area contributed by atoms with E-state index in [1.807, 2.05) is 6.07 Å². The summed E-state index contributed by atoms with van der Waals surface area (Å²) in [5, 5.41) is 7.00. The molecule has 0 radical (unpaired) electrons. The van der Waals surface area contributed by atoms with Crippen molar-refractivity contribution >= 4 is 23.4 Å². The molecule has 0 unspecified atom stereocenters. The highest BCUT2D eigenvalue weighted by Crippen LogP contribution is 2.28. The second-order valence-corrected chi connectivity index (χ2v) is 5.29. The summed E-state index contributed by atoms with van der Waals surface area (Å²) in [7, 11) is 1.00. The maximum atomic E-state index is 11.7. The van der Waals surface area contributed by atoms with E-state index >= 15 is 0 Å². The summed E-state index contributed by atoms with van der Waals surface area (Å²) >= 11 is 1.46. The van der Waals surface area contributed by atoms with E-state index in [0.29, 0.717) is 31.2 Å². The predicted molar refractivity (Wildman–Crippen MR) is 79.6 cm³/mol.